The summed E-state index contributed by atoms with van der Waals surface area (Å²) in [6.45, 7) is 10.8. The number of aromatic nitrogens is 2. The molecule has 1 aliphatic rings. The van der Waals surface area contributed by atoms with E-state index < -0.39 is 0 Å². The molecule has 0 radical (unpaired) electrons. The molecule has 0 atom stereocenters. The van der Waals surface area contributed by atoms with Crippen molar-refractivity contribution in [1.82, 2.24) is 9.55 Å². The summed E-state index contributed by atoms with van der Waals surface area (Å²) in [7, 11) is 0. The molecule has 3 rings (SSSR count). The first-order chi connectivity index (χ1) is 9.08. The van der Waals surface area contributed by atoms with Crippen molar-refractivity contribution < 1.29 is 0 Å². The van der Waals surface area contributed by atoms with Gasteiger partial charge in [-0.15, -0.1) is 0 Å². The fourth-order valence-electron chi connectivity index (χ4n) is 3.17. The van der Waals surface area contributed by atoms with Crippen LogP contribution < -0.4 is 5.32 Å². The van der Waals surface area contributed by atoms with Gasteiger partial charge in [-0.3, -0.25) is 0 Å². The van der Waals surface area contributed by atoms with Gasteiger partial charge < -0.3 is 9.88 Å². The highest BCUT2D eigenvalue weighted by molar-refractivity contribution is 5.72. The van der Waals surface area contributed by atoms with Crippen molar-refractivity contribution in [2.75, 3.05) is 11.9 Å². The lowest BCUT2D eigenvalue weighted by Gasteiger charge is -2.16. The van der Waals surface area contributed by atoms with E-state index in [1.165, 1.54) is 34.4 Å². The Hall–Kier alpha value is -1.77. The van der Waals surface area contributed by atoms with Gasteiger partial charge in [-0.05, 0) is 45.2 Å². The number of fused-ring (bicyclic) bond motifs is 1. The van der Waals surface area contributed by atoms with E-state index in [1.807, 2.05) is 0 Å². The number of hydrogen-bond acceptors (Lipinski definition) is 2. The van der Waals surface area contributed by atoms with Crippen molar-refractivity contribution in [1.29, 1.82) is 0 Å². The molecule has 100 valence electrons. The van der Waals surface area contributed by atoms with E-state index in [-0.39, 0.29) is 0 Å². The molecule has 1 N–H and O–H groups in total. The van der Waals surface area contributed by atoms with Crippen LogP contribution in [0, 0.1) is 27.7 Å². The number of aryl methyl sites for hydroxylation is 3. The van der Waals surface area contributed by atoms with E-state index in [9.17, 15) is 0 Å². The molecule has 1 aromatic carbocycles. The second kappa shape index (κ2) is 4.41. The lowest BCUT2D eigenvalue weighted by molar-refractivity contribution is 0.615. The number of hydrogen-bond donors (Lipinski definition) is 1. The zero-order valence-corrected chi connectivity index (χ0v) is 12.2. The van der Waals surface area contributed by atoms with Crippen LogP contribution in [-0.2, 0) is 6.54 Å². The predicted molar refractivity (Wildman–Crippen MR) is 79.7 cm³/mol. The molecule has 2 aromatic rings. The third kappa shape index (κ3) is 1.93. The van der Waals surface area contributed by atoms with Gasteiger partial charge in [0.15, 0.2) is 0 Å². The molecule has 0 spiro atoms. The zero-order valence-electron chi connectivity index (χ0n) is 12.2. The lowest BCUT2D eigenvalue weighted by Crippen LogP contribution is -2.17. The average molecular weight is 255 g/mol. The van der Waals surface area contributed by atoms with Crippen LogP contribution in [0.1, 0.15) is 28.8 Å². The first-order valence-electron chi connectivity index (χ1n) is 6.97. The minimum Gasteiger partial charge on any atom is -0.356 e. The summed E-state index contributed by atoms with van der Waals surface area (Å²) in [5.41, 5.74) is 7.66. The van der Waals surface area contributed by atoms with Crippen molar-refractivity contribution in [3.8, 4) is 11.3 Å². The largest absolute Gasteiger partial charge is 0.356 e. The SMILES string of the molecule is Cc1cc(C)c(-c2nc3n(c2C)CCCN3)c(C)c1. The Morgan fingerprint density at radius 2 is 1.79 bits per heavy atom. The summed E-state index contributed by atoms with van der Waals surface area (Å²) >= 11 is 0. The molecule has 2 heterocycles. The Morgan fingerprint density at radius 1 is 1.11 bits per heavy atom. The third-order valence-electron chi connectivity index (χ3n) is 3.98. The van der Waals surface area contributed by atoms with Crippen molar-refractivity contribution >= 4 is 5.95 Å². The normalized spacial score (nSPS) is 14.1. The minimum absolute atomic E-state index is 1.03. The highest BCUT2D eigenvalue weighted by Crippen LogP contribution is 2.32. The summed E-state index contributed by atoms with van der Waals surface area (Å²) in [5.74, 6) is 1.03. The fourth-order valence-corrected chi connectivity index (χ4v) is 3.17. The van der Waals surface area contributed by atoms with Crippen LogP contribution in [0.4, 0.5) is 5.95 Å². The number of nitrogens with zero attached hydrogens (tertiary/aromatic N) is 2. The van der Waals surface area contributed by atoms with Gasteiger partial charge >= 0.3 is 0 Å². The maximum atomic E-state index is 4.82. The van der Waals surface area contributed by atoms with Gasteiger partial charge in [0.1, 0.15) is 0 Å². The molecule has 0 aliphatic carbocycles. The summed E-state index contributed by atoms with van der Waals surface area (Å²) in [6.07, 6.45) is 1.18. The summed E-state index contributed by atoms with van der Waals surface area (Å²) in [6, 6.07) is 4.49. The number of rotatable bonds is 1. The van der Waals surface area contributed by atoms with E-state index in [1.54, 1.807) is 0 Å². The van der Waals surface area contributed by atoms with Crippen LogP contribution in [0.2, 0.25) is 0 Å². The number of imidazole rings is 1. The van der Waals surface area contributed by atoms with Crippen LogP contribution in [0.15, 0.2) is 12.1 Å². The van der Waals surface area contributed by atoms with Crippen molar-refractivity contribution in [2.24, 2.45) is 0 Å². The predicted octanol–water partition coefficient (Wildman–Crippen LogP) is 3.60. The summed E-state index contributed by atoms with van der Waals surface area (Å²) in [4.78, 5) is 4.82. The Labute approximate surface area is 114 Å². The molecule has 0 saturated carbocycles. The molecule has 1 aliphatic heterocycles. The Balaban J connectivity index is 2.20. The smallest absolute Gasteiger partial charge is 0.203 e. The zero-order chi connectivity index (χ0) is 13.6. The monoisotopic (exact) mass is 255 g/mol. The van der Waals surface area contributed by atoms with Gasteiger partial charge in [-0.1, -0.05) is 17.7 Å². The summed E-state index contributed by atoms with van der Waals surface area (Å²) < 4.78 is 2.30. The Kier molecular flexibility index (Phi) is 2.85. The Bertz CT molecular complexity index is 615. The molecule has 0 fully saturated rings. The van der Waals surface area contributed by atoms with Crippen LogP contribution in [-0.4, -0.2) is 16.1 Å². The molecule has 19 heavy (non-hydrogen) atoms. The number of benzene rings is 1. The van der Waals surface area contributed by atoms with Gasteiger partial charge in [0, 0.05) is 24.3 Å². The minimum atomic E-state index is 1.03. The average Bonchev–Trinajstić information content (AvgIpc) is 2.66. The number of nitrogens with one attached hydrogen (secondary N) is 1. The van der Waals surface area contributed by atoms with E-state index >= 15 is 0 Å². The van der Waals surface area contributed by atoms with Crippen LogP contribution in [0.25, 0.3) is 11.3 Å². The molecule has 3 heteroatoms. The van der Waals surface area contributed by atoms with Crippen molar-refractivity contribution in [2.45, 2.75) is 40.7 Å². The molecular formula is C16H21N3. The van der Waals surface area contributed by atoms with E-state index in [4.69, 9.17) is 4.98 Å². The standard InChI is InChI=1S/C16H21N3/c1-10-8-11(2)14(12(3)9-10)15-13(4)19-7-5-6-17-16(19)18-15/h8-9H,5-7H2,1-4H3,(H,17,18). The topological polar surface area (TPSA) is 29.9 Å². The van der Waals surface area contributed by atoms with Crippen LogP contribution in [0.3, 0.4) is 0 Å². The highest BCUT2D eigenvalue weighted by atomic mass is 15.2. The second-order valence-electron chi connectivity index (χ2n) is 5.58. The molecule has 0 unspecified atom stereocenters. The molecule has 1 aromatic heterocycles. The van der Waals surface area contributed by atoms with Gasteiger partial charge in [-0.2, -0.15) is 0 Å². The second-order valence-corrected chi connectivity index (χ2v) is 5.58. The van der Waals surface area contributed by atoms with Gasteiger partial charge in [-0.25, -0.2) is 4.98 Å². The molecular weight excluding hydrogens is 234 g/mol. The van der Waals surface area contributed by atoms with Crippen LogP contribution >= 0.6 is 0 Å². The maximum Gasteiger partial charge on any atom is 0.203 e. The van der Waals surface area contributed by atoms with Crippen molar-refractivity contribution in [3.05, 3.63) is 34.5 Å². The number of anilines is 1. The highest BCUT2D eigenvalue weighted by Gasteiger charge is 2.19. The molecule has 0 saturated heterocycles. The molecule has 3 nitrogen and oxygen atoms in total. The van der Waals surface area contributed by atoms with E-state index in [0.717, 1.165) is 24.7 Å². The summed E-state index contributed by atoms with van der Waals surface area (Å²) in [5, 5.41) is 3.40. The first kappa shape index (κ1) is 12.3. The Morgan fingerprint density at radius 3 is 2.42 bits per heavy atom. The van der Waals surface area contributed by atoms with Crippen LogP contribution in [0.5, 0.6) is 0 Å². The van der Waals surface area contributed by atoms with Gasteiger partial charge in [0.05, 0.1) is 5.69 Å². The third-order valence-corrected chi connectivity index (χ3v) is 3.98. The lowest BCUT2D eigenvalue weighted by atomic mass is 9.96. The maximum absolute atomic E-state index is 4.82. The first-order valence-corrected chi connectivity index (χ1v) is 6.97. The fraction of sp³-hybridized carbons (Fsp3) is 0.438. The van der Waals surface area contributed by atoms with Gasteiger partial charge in [0.25, 0.3) is 0 Å². The molecule has 0 bridgehead atoms. The van der Waals surface area contributed by atoms with Gasteiger partial charge in [0.2, 0.25) is 5.95 Å². The quantitative estimate of drug-likeness (QED) is 0.843. The molecule has 0 amide bonds. The van der Waals surface area contributed by atoms with E-state index in [2.05, 4.69) is 49.7 Å². The van der Waals surface area contributed by atoms with Crippen molar-refractivity contribution in [3.63, 3.8) is 0 Å². The van der Waals surface area contributed by atoms with E-state index in [0.29, 0.717) is 0 Å².